The Hall–Kier alpha value is -2.15. The Labute approximate surface area is 114 Å². The van der Waals surface area contributed by atoms with E-state index in [-0.39, 0.29) is 5.78 Å². The third-order valence-electron chi connectivity index (χ3n) is 3.17. The fourth-order valence-corrected chi connectivity index (χ4v) is 2.05. The standard InChI is InChI=1S/C18H18O/c1-15(17-12-6-3-7-13-17)18(19)14-8-11-16-9-4-2-5-10-16/h2-7,9-10,12-13H,1,8,11,14H2. The van der Waals surface area contributed by atoms with E-state index < -0.39 is 0 Å². The second-order valence-electron chi connectivity index (χ2n) is 4.61. The number of aryl methyl sites for hydroxylation is 1. The number of hydrogen-bond donors (Lipinski definition) is 0. The zero-order valence-corrected chi connectivity index (χ0v) is 11.0. The molecule has 0 aliphatic heterocycles. The molecule has 1 heteroatoms. The molecule has 2 aromatic carbocycles. The molecule has 0 N–H and O–H groups in total. The predicted octanol–water partition coefficient (Wildman–Crippen LogP) is 4.29. The third kappa shape index (κ3) is 3.92. The smallest absolute Gasteiger partial charge is 0.162 e. The van der Waals surface area contributed by atoms with Gasteiger partial charge in [-0.05, 0) is 24.0 Å². The van der Waals surface area contributed by atoms with Crippen molar-refractivity contribution in [1.82, 2.24) is 0 Å². The molecule has 0 aromatic heterocycles. The first kappa shape index (κ1) is 13.3. The van der Waals surface area contributed by atoms with Crippen LogP contribution >= 0.6 is 0 Å². The molecular formula is C18H18O. The van der Waals surface area contributed by atoms with Crippen molar-refractivity contribution in [2.75, 3.05) is 0 Å². The summed E-state index contributed by atoms with van der Waals surface area (Å²) < 4.78 is 0. The monoisotopic (exact) mass is 250 g/mol. The number of benzene rings is 2. The Bertz CT molecular complexity index is 540. The molecule has 0 bridgehead atoms. The molecule has 0 saturated carbocycles. The van der Waals surface area contributed by atoms with Gasteiger partial charge in [0, 0.05) is 12.0 Å². The number of rotatable bonds is 6. The van der Waals surface area contributed by atoms with Gasteiger partial charge in [0.15, 0.2) is 5.78 Å². The van der Waals surface area contributed by atoms with E-state index in [0.29, 0.717) is 12.0 Å². The summed E-state index contributed by atoms with van der Waals surface area (Å²) in [7, 11) is 0. The first-order valence-electron chi connectivity index (χ1n) is 6.59. The lowest BCUT2D eigenvalue weighted by Crippen LogP contribution is -2.01. The summed E-state index contributed by atoms with van der Waals surface area (Å²) >= 11 is 0. The van der Waals surface area contributed by atoms with Gasteiger partial charge in [0.05, 0.1) is 0 Å². The van der Waals surface area contributed by atoms with Gasteiger partial charge in [-0.3, -0.25) is 4.79 Å². The van der Waals surface area contributed by atoms with Crippen LogP contribution in [-0.2, 0) is 11.2 Å². The molecule has 0 heterocycles. The van der Waals surface area contributed by atoms with Crippen molar-refractivity contribution in [1.29, 1.82) is 0 Å². The highest BCUT2D eigenvalue weighted by Gasteiger charge is 2.08. The van der Waals surface area contributed by atoms with Gasteiger partial charge in [-0.15, -0.1) is 0 Å². The first-order chi connectivity index (χ1) is 9.27. The number of Topliss-reactive ketones (excluding diaryl/α,β-unsaturated/α-hetero) is 1. The molecule has 2 rings (SSSR count). The van der Waals surface area contributed by atoms with Crippen LogP contribution in [0.1, 0.15) is 24.0 Å². The molecule has 1 nitrogen and oxygen atoms in total. The zero-order chi connectivity index (χ0) is 13.5. The van der Waals surface area contributed by atoms with Crippen LogP contribution in [0.2, 0.25) is 0 Å². The van der Waals surface area contributed by atoms with Crippen LogP contribution in [0.3, 0.4) is 0 Å². The maximum Gasteiger partial charge on any atom is 0.162 e. The lowest BCUT2D eigenvalue weighted by molar-refractivity contribution is -0.113. The summed E-state index contributed by atoms with van der Waals surface area (Å²) in [5.41, 5.74) is 2.82. The number of allylic oxidation sites excluding steroid dienone is 1. The largest absolute Gasteiger partial charge is 0.294 e. The van der Waals surface area contributed by atoms with Gasteiger partial charge in [0.2, 0.25) is 0 Å². The second kappa shape index (κ2) is 6.69. The Kier molecular flexibility index (Phi) is 4.68. The van der Waals surface area contributed by atoms with Crippen molar-refractivity contribution in [3.8, 4) is 0 Å². The summed E-state index contributed by atoms with van der Waals surface area (Å²) in [6.45, 7) is 3.90. The molecule has 0 amide bonds. The molecular weight excluding hydrogens is 232 g/mol. The maximum absolute atomic E-state index is 12.0. The lowest BCUT2D eigenvalue weighted by atomic mass is 9.99. The van der Waals surface area contributed by atoms with Crippen molar-refractivity contribution in [2.24, 2.45) is 0 Å². The van der Waals surface area contributed by atoms with E-state index in [1.54, 1.807) is 0 Å². The number of ketones is 1. The summed E-state index contributed by atoms with van der Waals surface area (Å²) in [6, 6.07) is 19.9. The molecule has 0 fully saturated rings. The highest BCUT2D eigenvalue weighted by molar-refractivity contribution is 6.19. The van der Waals surface area contributed by atoms with Crippen LogP contribution in [0, 0.1) is 0 Å². The lowest BCUT2D eigenvalue weighted by Gasteiger charge is -2.05. The van der Waals surface area contributed by atoms with Crippen LogP contribution in [-0.4, -0.2) is 5.78 Å². The van der Waals surface area contributed by atoms with E-state index in [2.05, 4.69) is 18.7 Å². The summed E-state index contributed by atoms with van der Waals surface area (Å²) in [5.74, 6) is 0.141. The normalized spacial score (nSPS) is 10.1. The van der Waals surface area contributed by atoms with Crippen molar-refractivity contribution >= 4 is 11.4 Å². The van der Waals surface area contributed by atoms with Crippen LogP contribution in [0.5, 0.6) is 0 Å². The highest BCUT2D eigenvalue weighted by atomic mass is 16.1. The minimum Gasteiger partial charge on any atom is -0.294 e. The van der Waals surface area contributed by atoms with Crippen molar-refractivity contribution in [3.05, 3.63) is 78.4 Å². The molecule has 0 unspecified atom stereocenters. The van der Waals surface area contributed by atoms with Crippen LogP contribution < -0.4 is 0 Å². The first-order valence-corrected chi connectivity index (χ1v) is 6.59. The quantitative estimate of drug-likeness (QED) is 0.699. The molecule has 0 spiro atoms. The van der Waals surface area contributed by atoms with E-state index in [4.69, 9.17) is 0 Å². The van der Waals surface area contributed by atoms with E-state index in [0.717, 1.165) is 18.4 Å². The molecule has 0 saturated heterocycles. The van der Waals surface area contributed by atoms with Gasteiger partial charge in [-0.2, -0.15) is 0 Å². The van der Waals surface area contributed by atoms with Crippen LogP contribution in [0.15, 0.2) is 67.2 Å². The Morgan fingerprint density at radius 3 is 2.11 bits per heavy atom. The van der Waals surface area contributed by atoms with E-state index in [1.807, 2.05) is 48.5 Å². The van der Waals surface area contributed by atoms with Crippen LogP contribution in [0.4, 0.5) is 0 Å². The van der Waals surface area contributed by atoms with Gasteiger partial charge in [0.1, 0.15) is 0 Å². The Morgan fingerprint density at radius 1 is 0.895 bits per heavy atom. The van der Waals surface area contributed by atoms with Gasteiger partial charge in [0.25, 0.3) is 0 Å². The summed E-state index contributed by atoms with van der Waals surface area (Å²) in [4.78, 5) is 12.0. The molecule has 2 aromatic rings. The van der Waals surface area contributed by atoms with Crippen LogP contribution in [0.25, 0.3) is 5.57 Å². The van der Waals surface area contributed by atoms with Crippen molar-refractivity contribution in [2.45, 2.75) is 19.3 Å². The average Bonchev–Trinajstić information content (AvgIpc) is 2.48. The van der Waals surface area contributed by atoms with Gasteiger partial charge < -0.3 is 0 Å². The molecule has 19 heavy (non-hydrogen) atoms. The van der Waals surface area contributed by atoms with Gasteiger partial charge in [-0.1, -0.05) is 67.2 Å². The zero-order valence-electron chi connectivity index (χ0n) is 11.0. The Balaban J connectivity index is 1.84. The molecule has 0 aliphatic rings. The maximum atomic E-state index is 12.0. The molecule has 0 aliphatic carbocycles. The highest BCUT2D eigenvalue weighted by Crippen LogP contribution is 2.16. The van der Waals surface area contributed by atoms with E-state index in [9.17, 15) is 4.79 Å². The molecule has 96 valence electrons. The predicted molar refractivity (Wildman–Crippen MR) is 79.9 cm³/mol. The summed E-state index contributed by atoms with van der Waals surface area (Å²) in [5, 5.41) is 0. The number of carbonyl (C=O) groups is 1. The SMILES string of the molecule is C=C(C(=O)CCCc1ccccc1)c1ccccc1. The molecule has 0 radical (unpaired) electrons. The van der Waals surface area contributed by atoms with E-state index >= 15 is 0 Å². The molecule has 0 atom stereocenters. The summed E-state index contributed by atoms with van der Waals surface area (Å²) in [6.07, 6.45) is 2.37. The second-order valence-corrected chi connectivity index (χ2v) is 4.61. The third-order valence-corrected chi connectivity index (χ3v) is 3.17. The number of hydrogen-bond acceptors (Lipinski definition) is 1. The fraction of sp³-hybridized carbons (Fsp3) is 0.167. The van der Waals surface area contributed by atoms with Crippen molar-refractivity contribution < 1.29 is 4.79 Å². The van der Waals surface area contributed by atoms with Gasteiger partial charge in [-0.25, -0.2) is 0 Å². The fourth-order valence-electron chi connectivity index (χ4n) is 2.05. The average molecular weight is 250 g/mol. The van der Waals surface area contributed by atoms with Gasteiger partial charge >= 0.3 is 0 Å². The minimum atomic E-state index is 0.141. The topological polar surface area (TPSA) is 17.1 Å². The van der Waals surface area contributed by atoms with E-state index in [1.165, 1.54) is 5.56 Å². The number of carbonyl (C=O) groups excluding carboxylic acids is 1. The van der Waals surface area contributed by atoms with Crippen molar-refractivity contribution in [3.63, 3.8) is 0 Å². The Morgan fingerprint density at radius 2 is 1.47 bits per heavy atom. The minimum absolute atomic E-state index is 0.141.